The van der Waals surface area contributed by atoms with Gasteiger partial charge < -0.3 is 15.3 Å². The number of hydrogen-bond acceptors (Lipinski definition) is 4. The summed E-state index contributed by atoms with van der Waals surface area (Å²) in [5, 5.41) is 8.91. The number of carboxylic acids is 1. The molecule has 1 heterocycles. The molecular weight excluding hydrogens is 313 g/mol. The van der Waals surface area contributed by atoms with Gasteiger partial charge >= 0.3 is 35.5 Å². The zero-order valence-corrected chi connectivity index (χ0v) is 13.9. The van der Waals surface area contributed by atoms with Crippen LogP contribution in [0.25, 0.3) is 0 Å². The van der Waals surface area contributed by atoms with E-state index in [0.29, 0.717) is 28.6 Å². The van der Waals surface area contributed by atoms with Crippen LogP contribution in [0.5, 0.6) is 5.88 Å². The van der Waals surface area contributed by atoms with Crippen LogP contribution in [0.4, 0.5) is 0 Å². The molecule has 0 atom stereocenters. The molecule has 1 aromatic rings. The van der Waals surface area contributed by atoms with E-state index in [1.54, 1.807) is 6.92 Å². The zero-order valence-electron chi connectivity index (χ0n) is 10.3. The Hall–Kier alpha value is -0.140. The molecule has 0 radical (unpaired) electrons. The minimum atomic E-state index is -0.973. The molecule has 0 saturated heterocycles. The van der Waals surface area contributed by atoms with Gasteiger partial charge in [-0.05, 0) is 47.7 Å². The molecule has 1 aromatic heterocycles. The van der Waals surface area contributed by atoms with Crippen LogP contribution >= 0.6 is 15.9 Å². The molecule has 1 fully saturated rings. The Kier molecular flexibility index (Phi) is 7.39. The molecule has 1 aliphatic rings. The smallest absolute Gasteiger partial charge is 0.870 e. The molecule has 7 heteroatoms. The van der Waals surface area contributed by atoms with Crippen LogP contribution in [0.1, 0.15) is 28.9 Å². The van der Waals surface area contributed by atoms with Crippen LogP contribution in [-0.2, 0) is 0 Å². The van der Waals surface area contributed by atoms with Gasteiger partial charge in [0.1, 0.15) is 0 Å². The summed E-state index contributed by atoms with van der Waals surface area (Å²) in [5.74, 6) is 0.155. The van der Waals surface area contributed by atoms with Gasteiger partial charge in [-0.2, -0.15) is 0 Å². The van der Waals surface area contributed by atoms with Gasteiger partial charge in [-0.15, -0.1) is 0 Å². The van der Waals surface area contributed by atoms with E-state index >= 15 is 0 Å². The van der Waals surface area contributed by atoms with Crippen LogP contribution < -0.4 is 34.3 Å². The number of carbonyl (C=O) groups is 1. The van der Waals surface area contributed by atoms with E-state index in [9.17, 15) is 4.79 Å². The number of nitrogens with zero attached hydrogens (tertiary/aromatic N) is 1. The summed E-state index contributed by atoms with van der Waals surface area (Å²) >= 11 is 3.27. The maximum Gasteiger partial charge on any atom is 1.00 e. The van der Waals surface area contributed by atoms with Crippen molar-refractivity contribution in [3.05, 3.63) is 21.8 Å². The minimum Gasteiger partial charge on any atom is -0.870 e. The summed E-state index contributed by atoms with van der Waals surface area (Å²) in [7, 11) is 0. The number of pyridine rings is 1. The van der Waals surface area contributed by atoms with E-state index < -0.39 is 5.97 Å². The first-order valence-corrected chi connectivity index (χ1v) is 5.90. The topological polar surface area (TPSA) is 89.4 Å². The monoisotopic (exact) mass is 325 g/mol. The third-order valence-corrected chi connectivity index (χ3v) is 3.09. The first-order valence-electron chi connectivity index (χ1n) is 5.11. The Morgan fingerprint density at radius 1 is 1.61 bits per heavy atom. The number of hydrogen-bond donors (Lipinski definition) is 1. The fraction of sp³-hybridized carbons (Fsp3) is 0.455. The molecule has 1 aliphatic carbocycles. The fourth-order valence-electron chi connectivity index (χ4n) is 1.36. The molecular formula is C11H13BrNNaO4. The Labute approximate surface area is 136 Å². The summed E-state index contributed by atoms with van der Waals surface area (Å²) in [5.41, 5.74) is 0.673. The number of aromatic carboxylic acids is 1. The van der Waals surface area contributed by atoms with Gasteiger partial charge in [0.2, 0.25) is 5.88 Å². The van der Waals surface area contributed by atoms with Gasteiger partial charge in [0, 0.05) is 0 Å². The molecule has 94 valence electrons. The average Bonchev–Trinajstić information content (AvgIpc) is 3.02. The van der Waals surface area contributed by atoms with Crippen LogP contribution in [0, 0.1) is 12.8 Å². The van der Waals surface area contributed by atoms with Gasteiger partial charge in [0.25, 0.3) is 0 Å². The molecule has 0 bridgehead atoms. The van der Waals surface area contributed by atoms with Gasteiger partial charge in [-0.25, -0.2) is 9.78 Å². The Morgan fingerprint density at radius 2 is 2.22 bits per heavy atom. The summed E-state index contributed by atoms with van der Waals surface area (Å²) in [6.45, 7) is 2.33. The maximum atomic E-state index is 10.9. The predicted octanol–water partition coefficient (Wildman–Crippen LogP) is -0.533. The number of rotatable bonds is 4. The minimum absolute atomic E-state index is 0. The second-order valence-corrected chi connectivity index (χ2v) is 4.82. The summed E-state index contributed by atoms with van der Waals surface area (Å²) < 4.78 is 6.12. The maximum absolute atomic E-state index is 10.9. The molecule has 0 amide bonds. The number of halogens is 1. The van der Waals surface area contributed by atoms with Crippen molar-refractivity contribution in [1.29, 1.82) is 0 Å². The average molecular weight is 326 g/mol. The first kappa shape index (κ1) is 17.9. The Balaban J connectivity index is 0.00000144. The van der Waals surface area contributed by atoms with Gasteiger partial charge in [0.05, 0.1) is 22.3 Å². The quantitative estimate of drug-likeness (QED) is 0.751. The molecule has 0 aliphatic heterocycles. The van der Waals surface area contributed by atoms with Crippen LogP contribution in [0.2, 0.25) is 0 Å². The second-order valence-electron chi connectivity index (χ2n) is 3.97. The van der Waals surface area contributed by atoms with E-state index in [0.717, 1.165) is 0 Å². The molecule has 2 N–H and O–H groups in total. The zero-order chi connectivity index (χ0) is 11.7. The Bertz CT molecular complexity index is 437. The van der Waals surface area contributed by atoms with E-state index in [-0.39, 0.29) is 40.6 Å². The molecule has 5 nitrogen and oxygen atoms in total. The number of ether oxygens (including phenoxy) is 1. The van der Waals surface area contributed by atoms with Crippen molar-refractivity contribution in [3.63, 3.8) is 0 Å². The van der Waals surface area contributed by atoms with Crippen LogP contribution in [0.15, 0.2) is 10.5 Å². The third-order valence-electron chi connectivity index (χ3n) is 2.52. The second kappa shape index (κ2) is 7.45. The number of aryl methyl sites for hydroxylation is 1. The SMILES string of the molecule is Cc1nc(OCC2CC2)c(Br)cc1C(=O)O.[Na+].[OH-]. The van der Waals surface area contributed by atoms with Crippen LogP contribution in [-0.4, -0.2) is 28.1 Å². The van der Waals surface area contributed by atoms with Crippen molar-refractivity contribution in [1.82, 2.24) is 4.98 Å². The van der Waals surface area contributed by atoms with Crippen molar-refractivity contribution >= 4 is 21.9 Å². The van der Waals surface area contributed by atoms with Crippen LogP contribution in [0.3, 0.4) is 0 Å². The van der Waals surface area contributed by atoms with Crippen molar-refractivity contribution in [2.75, 3.05) is 6.61 Å². The molecule has 1 saturated carbocycles. The Morgan fingerprint density at radius 3 is 2.72 bits per heavy atom. The van der Waals surface area contributed by atoms with Crippen molar-refractivity contribution in [3.8, 4) is 5.88 Å². The molecule has 0 spiro atoms. The van der Waals surface area contributed by atoms with Crippen molar-refractivity contribution < 1.29 is 49.7 Å². The van der Waals surface area contributed by atoms with Crippen molar-refractivity contribution in [2.45, 2.75) is 19.8 Å². The van der Waals surface area contributed by atoms with Gasteiger partial charge in [-0.3, -0.25) is 0 Å². The third kappa shape index (κ3) is 4.51. The summed E-state index contributed by atoms with van der Waals surface area (Å²) in [6.07, 6.45) is 2.42. The molecule has 18 heavy (non-hydrogen) atoms. The molecule has 2 rings (SSSR count). The summed E-state index contributed by atoms with van der Waals surface area (Å²) in [4.78, 5) is 15.0. The van der Waals surface area contributed by atoms with Gasteiger partial charge in [-0.1, -0.05) is 0 Å². The standard InChI is InChI=1S/C11H12BrNO3.Na.H2O/c1-6-8(11(14)15)4-9(12)10(13-6)16-5-7-2-3-7;;/h4,7H,2-3,5H2,1H3,(H,14,15);;1H2/q;+1;/p-1. The summed E-state index contributed by atoms with van der Waals surface area (Å²) in [6, 6.07) is 1.53. The van der Waals surface area contributed by atoms with E-state index in [1.165, 1.54) is 18.9 Å². The van der Waals surface area contributed by atoms with E-state index in [2.05, 4.69) is 20.9 Å². The van der Waals surface area contributed by atoms with E-state index in [1.807, 2.05) is 0 Å². The predicted molar refractivity (Wildman–Crippen MR) is 63.8 cm³/mol. The fourth-order valence-corrected chi connectivity index (χ4v) is 1.79. The number of carboxylic acid groups (broad SMARTS) is 1. The van der Waals surface area contributed by atoms with Crippen molar-refractivity contribution in [2.24, 2.45) is 5.92 Å². The normalized spacial score (nSPS) is 13.2. The van der Waals surface area contributed by atoms with E-state index in [4.69, 9.17) is 9.84 Å². The largest absolute Gasteiger partial charge is 1.00 e. The first-order chi connectivity index (χ1) is 7.58. The van der Waals surface area contributed by atoms with Gasteiger partial charge in [0.15, 0.2) is 0 Å². The number of aromatic nitrogens is 1. The molecule has 0 unspecified atom stereocenters. The molecule has 0 aromatic carbocycles.